The predicted molar refractivity (Wildman–Crippen MR) is 95.5 cm³/mol. The summed E-state index contributed by atoms with van der Waals surface area (Å²) in [6, 6.07) is 7.69. The average Bonchev–Trinajstić information content (AvgIpc) is 3.20. The van der Waals surface area contributed by atoms with Crippen LogP contribution in [0.4, 0.5) is 5.69 Å². The molecule has 1 fully saturated rings. The van der Waals surface area contributed by atoms with Gasteiger partial charge < -0.3 is 9.73 Å². The molecule has 2 aromatic rings. The third kappa shape index (κ3) is 4.82. The largest absolute Gasteiger partial charge is 0.416 e. The van der Waals surface area contributed by atoms with Crippen LogP contribution in [0, 0.1) is 0 Å². The summed E-state index contributed by atoms with van der Waals surface area (Å²) in [7, 11) is -3.00. The van der Waals surface area contributed by atoms with Gasteiger partial charge >= 0.3 is 0 Å². The number of nitrogens with one attached hydrogen (secondary N) is 1. The zero-order valence-corrected chi connectivity index (χ0v) is 15.4. The minimum absolute atomic E-state index is 0.0491. The summed E-state index contributed by atoms with van der Waals surface area (Å²) in [6.07, 6.45) is 1.45. The van der Waals surface area contributed by atoms with Gasteiger partial charge in [-0.15, -0.1) is 10.2 Å². The quantitative estimate of drug-likeness (QED) is 0.766. The first kappa shape index (κ1) is 17.9. The van der Waals surface area contributed by atoms with Gasteiger partial charge in [0.25, 0.3) is 5.22 Å². The Morgan fingerprint density at radius 1 is 1.32 bits per heavy atom. The van der Waals surface area contributed by atoms with E-state index in [0.29, 0.717) is 12.3 Å². The summed E-state index contributed by atoms with van der Waals surface area (Å²) in [6.45, 7) is 2.07. The molecule has 1 aliphatic rings. The predicted octanol–water partition coefficient (Wildman–Crippen LogP) is 2.26. The Kier molecular flexibility index (Phi) is 5.43. The molecule has 7 nitrogen and oxygen atoms in total. The first-order chi connectivity index (χ1) is 11.9. The second kappa shape index (κ2) is 7.57. The molecule has 1 saturated heterocycles. The number of hydrogen-bond donors (Lipinski definition) is 1. The van der Waals surface area contributed by atoms with Crippen LogP contribution in [0.1, 0.15) is 30.7 Å². The van der Waals surface area contributed by atoms with E-state index in [1.54, 1.807) is 0 Å². The fraction of sp³-hybridized carbons (Fsp3) is 0.438. The van der Waals surface area contributed by atoms with E-state index in [1.165, 1.54) is 5.56 Å². The molecule has 25 heavy (non-hydrogen) atoms. The van der Waals surface area contributed by atoms with Crippen molar-refractivity contribution in [2.45, 2.75) is 30.9 Å². The lowest BCUT2D eigenvalue weighted by Crippen LogP contribution is -2.13. The third-order valence-corrected chi connectivity index (χ3v) is 6.56. The van der Waals surface area contributed by atoms with Crippen LogP contribution >= 0.6 is 11.8 Å². The van der Waals surface area contributed by atoms with Crippen LogP contribution in [0.15, 0.2) is 33.9 Å². The Labute approximate surface area is 150 Å². The second-order valence-electron chi connectivity index (χ2n) is 5.89. The molecule has 1 atom stereocenters. The van der Waals surface area contributed by atoms with Gasteiger partial charge in [-0.25, -0.2) is 8.42 Å². The molecular formula is C16H19N3O4S2. The van der Waals surface area contributed by atoms with Crippen molar-refractivity contribution < 1.29 is 17.6 Å². The number of aryl methyl sites for hydroxylation is 1. The van der Waals surface area contributed by atoms with Crippen LogP contribution in [0.25, 0.3) is 0 Å². The van der Waals surface area contributed by atoms with Crippen LogP contribution in [0.2, 0.25) is 0 Å². The monoisotopic (exact) mass is 381 g/mol. The fourth-order valence-corrected chi connectivity index (χ4v) is 4.88. The van der Waals surface area contributed by atoms with Gasteiger partial charge in [0.1, 0.15) is 0 Å². The Balaban J connectivity index is 1.50. The van der Waals surface area contributed by atoms with E-state index < -0.39 is 9.84 Å². The van der Waals surface area contributed by atoms with Gasteiger partial charge in [0.2, 0.25) is 11.8 Å². The van der Waals surface area contributed by atoms with E-state index in [9.17, 15) is 13.2 Å². The smallest absolute Gasteiger partial charge is 0.277 e. The van der Waals surface area contributed by atoms with Crippen LogP contribution in [0.3, 0.4) is 0 Å². The van der Waals surface area contributed by atoms with Crippen molar-refractivity contribution in [2.75, 3.05) is 22.6 Å². The summed E-state index contributed by atoms with van der Waals surface area (Å²) < 4.78 is 28.5. The van der Waals surface area contributed by atoms with Crippen LogP contribution in [-0.4, -0.2) is 41.8 Å². The van der Waals surface area contributed by atoms with Crippen LogP contribution in [-0.2, 0) is 21.1 Å². The molecule has 0 radical (unpaired) electrons. The molecular weight excluding hydrogens is 362 g/mol. The minimum atomic E-state index is -3.00. The maximum Gasteiger partial charge on any atom is 0.277 e. The Morgan fingerprint density at radius 3 is 2.72 bits per heavy atom. The molecule has 1 amide bonds. The molecule has 3 rings (SSSR count). The van der Waals surface area contributed by atoms with Gasteiger partial charge in [-0.2, -0.15) is 0 Å². The summed E-state index contributed by atoms with van der Waals surface area (Å²) >= 11 is 1.13. The van der Waals surface area contributed by atoms with Gasteiger partial charge in [-0.1, -0.05) is 30.8 Å². The highest BCUT2D eigenvalue weighted by Gasteiger charge is 2.32. The van der Waals surface area contributed by atoms with E-state index in [2.05, 4.69) is 22.4 Å². The summed E-state index contributed by atoms with van der Waals surface area (Å²) in [5.41, 5.74) is 1.95. The minimum Gasteiger partial charge on any atom is -0.416 e. The molecule has 2 heterocycles. The van der Waals surface area contributed by atoms with E-state index in [-0.39, 0.29) is 34.3 Å². The fourth-order valence-electron chi connectivity index (χ4n) is 2.58. The van der Waals surface area contributed by atoms with Crippen LogP contribution < -0.4 is 5.32 Å². The molecule has 0 aliphatic carbocycles. The summed E-state index contributed by atoms with van der Waals surface area (Å²) in [5.74, 6) is 0.268. The van der Waals surface area contributed by atoms with E-state index >= 15 is 0 Å². The first-order valence-electron chi connectivity index (χ1n) is 8.00. The van der Waals surface area contributed by atoms with E-state index in [0.717, 1.165) is 23.9 Å². The van der Waals surface area contributed by atoms with Crippen molar-refractivity contribution in [3.8, 4) is 0 Å². The highest BCUT2D eigenvalue weighted by atomic mass is 32.2. The molecule has 9 heteroatoms. The second-order valence-corrected chi connectivity index (χ2v) is 9.05. The van der Waals surface area contributed by atoms with Crippen molar-refractivity contribution >= 4 is 33.2 Å². The van der Waals surface area contributed by atoms with Crippen molar-refractivity contribution in [2.24, 2.45) is 0 Å². The molecule has 0 spiro atoms. The normalized spacial score (nSPS) is 19.0. The van der Waals surface area contributed by atoms with Crippen molar-refractivity contribution in [1.82, 2.24) is 10.2 Å². The van der Waals surface area contributed by atoms with Gasteiger partial charge in [0.15, 0.2) is 9.84 Å². The molecule has 0 saturated carbocycles. The van der Waals surface area contributed by atoms with Gasteiger partial charge in [-0.05, 0) is 30.5 Å². The number of rotatable bonds is 6. The first-order valence-corrected chi connectivity index (χ1v) is 10.8. The van der Waals surface area contributed by atoms with Crippen molar-refractivity contribution in [3.63, 3.8) is 0 Å². The number of nitrogens with zero attached hydrogens (tertiary/aromatic N) is 2. The van der Waals surface area contributed by atoms with E-state index in [1.807, 2.05) is 24.3 Å². The Bertz CT molecular complexity index is 847. The van der Waals surface area contributed by atoms with Crippen molar-refractivity contribution in [3.05, 3.63) is 35.7 Å². The lowest BCUT2D eigenvalue weighted by molar-refractivity contribution is -0.113. The van der Waals surface area contributed by atoms with Crippen LogP contribution in [0.5, 0.6) is 0 Å². The molecule has 1 aromatic heterocycles. The zero-order chi connectivity index (χ0) is 17.9. The molecule has 0 unspecified atom stereocenters. The standard InChI is InChI=1S/C16H19N3O4S2/c1-2-11-3-5-13(6-4-11)17-14(20)9-24-16-19-18-15(23-16)12-7-8-25(21,22)10-12/h3-6,12H,2,7-10H2,1H3,(H,17,20)/t12-/m0/s1. The Morgan fingerprint density at radius 2 is 2.08 bits per heavy atom. The molecule has 1 N–H and O–H groups in total. The number of carbonyl (C=O) groups is 1. The maximum atomic E-state index is 12.0. The number of benzene rings is 1. The SMILES string of the molecule is CCc1ccc(NC(=O)CSc2nnc([C@H]3CCS(=O)(=O)C3)o2)cc1. The molecule has 134 valence electrons. The van der Waals surface area contributed by atoms with Gasteiger partial charge in [-0.3, -0.25) is 4.79 Å². The van der Waals surface area contributed by atoms with Crippen molar-refractivity contribution in [1.29, 1.82) is 0 Å². The highest BCUT2D eigenvalue weighted by Crippen LogP contribution is 2.29. The summed E-state index contributed by atoms with van der Waals surface area (Å²) in [4.78, 5) is 12.0. The number of carbonyl (C=O) groups excluding carboxylic acids is 1. The topological polar surface area (TPSA) is 102 Å². The lowest BCUT2D eigenvalue weighted by atomic mass is 10.1. The molecule has 1 aromatic carbocycles. The summed E-state index contributed by atoms with van der Waals surface area (Å²) in [5, 5.41) is 10.9. The van der Waals surface area contributed by atoms with Gasteiger partial charge in [0.05, 0.1) is 23.2 Å². The average molecular weight is 381 g/mol. The van der Waals surface area contributed by atoms with E-state index in [4.69, 9.17) is 4.42 Å². The zero-order valence-electron chi connectivity index (χ0n) is 13.8. The lowest BCUT2D eigenvalue weighted by Gasteiger charge is -2.05. The highest BCUT2D eigenvalue weighted by molar-refractivity contribution is 7.99. The number of hydrogen-bond acceptors (Lipinski definition) is 7. The molecule has 0 bridgehead atoms. The number of sulfone groups is 1. The number of anilines is 1. The third-order valence-electron chi connectivity index (χ3n) is 3.98. The molecule has 1 aliphatic heterocycles. The Hall–Kier alpha value is -1.87. The number of thioether (sulfide) groups is 1. The number of aromatic nitrogens is 2. The maximum absolute atomic E-state index is 12.0. The number of amides is 1. The van der Waals surface area contributed by atoms with Gasteiger partial charge in [0, 0.05) is 5.69 Å².